The highest BCUT2D eigenvalue weighted by molar-refractivity contribution is 8.13. The molecule has 0 N–H and O–H groups in total. The Morgan fingerprint density at radius 1 is 1.24 bits per heavy atom. The highest BCUT2D eigenvalue weighted by atomic mass is 32.2. The van der Waals surface area contributed by atoms with Crippen molar-refractivity contribution in [2.75, 3.05) is 12.4 Å². The molecule has 0 aliphatic heterocycles. The van der Waals surface area contributed by atoms with E-state index in [-0.39, 0.29) is 16.5 Å². The molecular formula is C13H24O3S. The monoisotopic (exact) mass is 260 g/mol. The number of carbonyl (C=O) groups is 2. The van der Waals surface area contributed by atoms with E-state index in [0.29, 0.717) is 6.61 Å². The van der Waals surface area contributed by atoms with Crippen LogP contribution in [-0.4, -0.2) is 23.4 Å². The molecule has 0 radical (unpaired) electrons. The Hall–Kier alpha value is -0.510. The summed E-state index contributed by atoms with van der Waals surface area (Å²) in [5.74, 6) is 0.499. The number of unbranched alkanes of at least 4 members (excludes halogenated alkanes) is 1. The fourth-order valence-electron chi connectivity index (χ4n) is 1.63. The molecule has 0 bridgehead atoms. The van der Waals surface area contributed by atoms with Gasteiger partial charge in [-0.3, -0.25) is 9.59 Å². The third kappa shape index (κ3) is 7.42. The van der Waals surface area contributed by atoms with Gasteiger partial charge in [0, 0.05) is 25.0 Å². The van der Waals surface area contributed by atoms with E-state index >= 15 is 0 Å². The molecule has 0 aliphatic rings. The van der Waals surface area contributed by atoms with Crippen molar-refractivity contribution in [3.63, 3.8) is 0 Å². The zero-order valence-corrected chi connectivity index (χ0v) is 12.2. The Bertz CT molecular complexity index is 233. The first-order valence-corrected chi connectivity index (χ1v) is 7.21. The van der Waals surface area contributed by atoms with Crippen LogP contribution in [0.3, 0.4) is 0 Å². The third-order valence-corrected chi connectivity index (χ3v) is 4.14. The zero-order valence-electron chi connectivity index (χ0n) is 11.4. The molecule has 0 aromatic heterocycles. The molecule has 0 unspecified atom stereocenters. The standard InChI is InChI=1S/C13H24O3S/c1-5-7-8-13(6-2,9-16-11(3)14)10-17-12(4)15/h5-10H2,1-4H3/t13-/m0/s1. The van der Waals surface area contributed by atoms with Crippen LogP contribution in [0.1, 0.15) is 53.4 Å². The molecule has 0 saturated heterocycles. The van der Waals surface area contributed by atoms with E-state index in [9.17, 15) is 9.59 Å². The predicted molar refractivity (Wildman–Crippen MR) is 72.0 cm³/mol. The maximum Gasteiger partial charge on any atom is 0.302 e. The highest BCUT2D eigenvalue weighted by Crippen LogP contribution is 2.33. The van der Waals surface area contributed by atoms with Crippen molar-refractivity contribution in [3.05, 3.63) is 0 Å². The zero-order chi connectivity index (χ0) is 13.3. The van der Waals surface area contributed by atoms with Crippen molar-refractivity contribution in [3.8, 4) is 0 Å². The smallest absolute Gasteiger partial charge is 0.302 e. The minimum absolute atomic E-state index is 0.0436. The lowest BCUT2D eigenvalue weighted by Gasteiger charge is -2.31. The van der Waals surface area contributed by atoms with Crippen LogP contribution in [-0.2, 0) is 14.3 Å². The van der Waals surface area contributed by atoms with E-state index in [0.717, 1.165) is 31.4 Å². The van der Waals surface area contributed by atoms with Crippen molar-refractivity contribution < 1.29 is 14.3 Å². The van der Waals surface area contributed by atoms with Crippen LogP contribution < -0.4 is 0 Å². The topological polar surface area (TPSA) is 43.4 Å². The van der Waals surface area contributed by atoms with Gasteiger partial charge in [-0.25, -0.2) is 0 Å². The molecule has 0 aliphatic carbocycles. The van der Waals surface area contributed by atoms with Crippen LogP contribution in [0.5, 0.6) is 0 Å². The summed E-state index contributed by atoms with van der Waals surface area (Å²) in [5.41, 5.74) is -0.0436. The average Bonchev–Trinajstić information content (AvgIpc) is 2.28. The summed E-state index contributed by atoms with van der Waals surface area (Å²) in [5, 5.41) is 0.127. The summed E-state index contributed by atoms with van der Waals surface area (Å²) >= 11 is 1.33. The van der Waals surface area contributed by atoms with Crippen LogP contribution >= 0.6 is 11.8 Å². The van der Waals surface area contributed by atoms with Crippen LogP contribution in [0.15, 0.2) is 0 Å². The second-order valence-electron chi connectivity index (χ2n) is 4.52. The molecule has 0 aromatic carbocycles. The first-order valence-electron chi connectivity index (χ1n) is 6.22. The molecule has 0 rings (SSSR count). The summed E-state index contributed by atoms with van der Waals surface area (Å²) < 4.78 is 5.16. The number of ether oxygens (including phenoxy) is 1. The van der Waals surface area contributed by atoms with Crippen molar-refractivity contribution >= 4 is 22.8 Å². The maximum absolute atomic E-state index is 11.1. The second kappa shape index (κ2) is 8.56. The van der Waals surface area contributed by atoms with Gasteiger partial charge >= 0.3 is 5.97 Å². The molecule has 0 heterocycles. The van der Waals surface area contributed by atoms with E-state index in [1.807, 2.05) is 0 Å². The van der Waals surface area contributed by atoms with Crippen LogP contribution in [0.2, 0.25) is 0 Å². The lowest BCUT2D eigenvalue weighted by Crippen LogP contribution is -2.30. The average molecular weight is 260 g/mol. The normalized spacial score (nSPS) is 14.1. The SMILES string of the molecule is CCCC[C@@](CC)(COC(C)=O)CSC(C)=O. The van der Waals surface area contributed by atoms with Gasteiger partial charge in [0.05, 0.1) is 6.61 Å². The summed E-state index contributed by atoms with van der Waals surface area (Å²) in [6.45, 7) is 7.68. The number of rotatable bonds is 8. The van der Waals surface area contributed by atoms with Gasteiger partial charge < -0.3 is 4.74 Å². The molecule has 0 amide bonds. The summed E-state index contributed by atoms with van der Waals surface area (Å²) in [6.07, 6.45) is 4.16. The highest BCUT2D eigenvalue weighted by Gasteiger charge is 2.29. The second-order valence-corrected chi connectivity index (χ2v) is 5.67. The van der Waals surface area contributed by atoms with Gasteiger partial charge in [-0.1, -0.05) is 38.5 Å². The van der Waals surface area contributed by atoms with Crippen molar-refractivity contribution in [2.45, 2.75) is 53.4 Å². The third-order valence-electron chi connectivity index (χ3n) is 2.97. The minimum Gasteiger partial charge on any atom is -0.465 e. The van der Waals surface area contributed by atoms with E-state index in [4.69, 9.17) is 4.74 Å². The Morgan fingerprint density at radius 2 is 1.88 bits per heavy atom. The van der Waals surface area contributed by atoms with Gasteiger partial charge in [0.2, 0.25) is 0 Å². The molecule has 100 valence electrons. The van der Waals surface area contributed by atoms with Gasteiger partial charge in [0.15, 0.2) is 5.12 Å². The summed E-state index contributed by atoms with van der Waals surface area (Å²) in [4.78, 5) is 22.0. The first-order chi connectivity index (χ1) is 7.95. The number of esters is 1. The quantitative estimate of drug-likeness (QED) is 0.627. The number of thioether (sulfide) groups is 1. The molecule has 0 saturated carbocycles. The molecule has 0 spiro atoms. The molecule has 17 heavy (non-hydrogen) atoms. The Balaban J connectivity index is 4.48. The largest absolute Gasteiger partial charge is 0.465 e. The van der Waals surface area contributed by atoms with Crippen LogP contribution in [0.25, 0.3) is 0 Å². The molecule has 1 atom stereocenters. The Kier molecular flexibility index (Phi) is 8.30. The van der Waals surface area contributed by atoms with Gasteiger partial charge in [0.1, 0.15) is 0 Å². The lowest BCUT2D eigenvalue weighted by atomic mass is 9.83. The Labute approximate surface area is 109 Å². The van der Waals surface area contributed by atoms with Gasteiger partial charge in [-0.15, -0.1) is 0 Å². The molecule has 3 nitrogen and oxygen atoms in total. The van der Waals surface area contributed by atoms with Gasteiger partial charge in [-0.05, 0) is 12.8 Å². The van der Waals surface area contributed by atoms with Crippen LogP contribution in [0.4, 0.5) is 0 Å². The van der Waals surface area contributed by atoms with E-state index in [2.05, 4.69) is 13.8 Å². The van der Waals surface area contributed by atoms with Crippen molar-refractivity contribution in [2.24, 2.45) is 5.41 Å². The molecule has 0 aromatic rings. The Morgan fingerprint density at radius 3 is 2.29 bits per heavy atom. The molecule has 0 fully saturated rings. The lowest BCUT2D eigenvalue weighted by molar-refractivity contribution is -0.144. The van der Waals surface area contributed by atoms with Crippen molar-refractivity contribution in [1.82, 2.24) is 0 Å². The van der Waals surface area contributed by atoms with Gasteiger partial charge in [-0.2, -0.15) is 0 Å². The van der Waals surface area contributed by atoms with E-state index in [1.54, 1.807) is 6.92 Å². The predicted octanol–water partition coefficient (Wildman–Crippen LogP) is 3.42. The van der Waals surface area contributed by atoms with E-state index < -0.39 is 0 Å². The van der Waals surface area contributed by atoms with E-state index in [1.165, 1.54) is 18.7 Å². The number of hydrogen-bond donors (Lipinski definition) is 0. The molecule has 4 heteroatoms. The maximum atomic E-state index is 11.1. The molecular weight excluding hydrogens is 236 g/mol. The number of carbonyl (C=O) groups excluding carboxylic acids is 2. The minimum atomic E-state index is -0.243. The van der Waals surface area contributed by atoms with Crippen molar-refractivity contribution in [1.29, 1.82) is 0 Å². The summed E-state index contributed by atoms with van der Waals surface area (Å²) in [7, 11) is 0. The summed E-state index contributed by atoms with van der Waals surface area (Å²) in [6, 6.07) is 0. The fraction of sp³-hybridized carbons (Fsp3) is 0.846. The number of hydrogen-bond acceptors (Lipinski definition) is 4. The fourth-order valence-corrected chi connectivity index (χ4v) is 2.57. The first kappa shape index (κ1) is 16.5. The van der Waals surface area contributed by atoms with Gasteiger partial charge in [0.25, 0.3) is 0 Å². The van der Waals surface area contributed by atoms with Crippen LogP contribution in [0, 0.1) is 5.41 Å².